The van der Waals surface area contributed by atoms with Gasteiger partial charge in [0.25, 0.3) is 0 Å². The third kappa shape index (κ3) is 2.00. The molecule has 0 saturated carbocycles. The van der Waals surface area contributed by atoms with Gasteiger partial charge >= 0.3 is 0 Å². The van der Waals surface area contributed by atoms with E-state index in [1.54, 1.807) is 0 Å². The Morgan fingerprint density at radius 2 is 2.33 bits per heavy atom. The highest BCUT2D eigenvalue weighted by molar-refractivity contribution is 5.81. The molecule has 0 aliphatic heterocycles. The molecule has 1 rings (SSSR count). The predicted octanol–water partition coefficient (Wildman–Crippen LogP) is 2.08. The molecule has 0 aromatic heterocycles. The van der Waals surface area contributed by atoms with Crippen LogP contribution in [0.1, 0.15) is 32.6 Å². The van der Waals surface area contributed by atoms with Crippen molar-refractivity contribution < 1.29 is 4.79 Å². The van der Waals surface area contributed by atoms with Gasteiger partial charge in [0.15, 0.2) is 0 Å². The van der Waals surface area contributed by atoms with Crippen LogP contribution in [0.3, 0.4) is 0 Å². The maximum Gasteiger partial charge on any atom is 0.136 e. The van der Waals surface area contributed by atoms with Crippen LogP contribution in [0.2, 0.25) is 0 Å². The molecule has 9 heavy (non-hydrogen) atoms. The highest BCUT2D eigenvalue weighted by Crippen LogP contribution is 2.12. The van der Waals surface area contributed by atoms with Crippen molar-refractivity contribution in [2.45, 2.75) is 32.6 Å². The van der Waals surface area contributed by atoms with Gasteiger partial charge < -0.3 is 0 Å². The molecule has 0 saturated heterocycles. The fourth-order valence-corrected chi connectivity index (χ4v) is 1.12. The van der Waals surface area contributed by atoms with Gasteiger partial charge in [-0.3, -0.25) is 4.79 Å². The van der Waals surface area contributed by atoms with E-state index in [9.17, 15) is 4.79 Å². The summed E-state index contributed by atoms with van der Waals surface area (Å²) in [6.45, 7) is 2.03. The van der Waals surface area contributed by atoms with Crippen LogP contribution in [-0.2, 0) is 4.79 Å². The van der Waals surface area contributed by atoms with E-state index in [-0.39, 0.29) is 0 Å². The maximum absolute atomic E-state index is 10.9. The molecule has 1 aliphatic carbocycles. The first-order chi connectivity index (χ1) is 4.29. The minimum Gasteiger partial charge on any atom is -0.299 e. The SMILES string of the molecule is CC1=CCCCC(=O)C1. The van der Waals surface area contributed by atoms with Crippen molar-refractivity contribution in [1.82, 2.24) is 0 Å². The van der Waals surface area contributed by atoms with E-state index in [1.165, 1.54) is 5.57 Å². The lowest BCUT2D eigenvalue weighted by Gasteiger charge is -1.91. The van der Waals surface area contributed by atoms with E-state index in [4.69, 9.17) is 0 Å². The summed E-state index contributed by atoms with van der Waals surface area (Å²) < 4.78 is 0. The number of carbonyl (C=O) groups is 1. The fraction of sp³-hybridized carbons (Fsp3) is 0.625. The van der Waals surface area contributed by atoms with Gasteiger partial charge in [-0.15, -0.1) is 0 Å². The molecular weight excluding hydrogens is 112 g/mol. The second-order valence-electron chi connectivity index (χ2n) is 2.66. The summed E-state index contributed by atoms with van der Waals surface area (Å²) in [4.78, 5) is 10.9. The van der Waals surface area contributed by atoms with Crippen LogP contribution in [-0.4, -0.2) is 5.78 Å². The highest BCUT2D eigenvalue weighted by Gasteiger charge is 2.05. The molecule has 0 N–H and O–H groups in total. The molecule has 1 aliphatic rings. The largest absolute Gasteiger partial charge is 0.299 e. The molecule has 0 spiro atoms. The van der Waals surface area contributed by atoms with E-state index in [2.05, 4.69) is 6.08 Å². The first-order valence-corrected chi connectivity index (χ1v) is 3.46. The highest BCUT2D eigenvalue weighted by atomic mass is 16.1. The smallest absolute Gasteiger partial charge is 0.136 e. The Labute approximate surface area is 55.8 Å². The van der Waals surface area contributed by atoms with Crippen LogP contribution in [0.5, 0.6) is 0 Å². The number of carbonyl (C=O) groups excluding carboxylic acids is 1. The molecule has 0 fully saturated rings. The molecule has 1 heteroatoms. The molecule has 0 bridgehead atoms. The van der Waals surface area contributed by atoms with E-state index >= 15 is 0 Å². The van der Waals surface area contributed by atoms with Gasteiger partial charge in [0.05, 0.1) is 0 Å². The minimum atomic E-state index is 0.404. The van der Waals surface area contributed by atoms with Crippen molar-refractivity contribution in [3.63, 3.8) is 0 Å². The van der Waals surface area contributed by atoms with Crippen LogP contribution < -0.4 is 0 Å². The average molecular weight is 124 g/mol. The molecule has 1 nitrogen and oxygen atoms in total. The topological polar surface area (TPSA) is 17.1 Å². The lowest BCUT2D eigenvalue weighted by Crippen LogP contribution is -1.94. The molecule has 0 radical (unpaired) electrons. The number of allylic oxidation sites excluding steroid dienone is 2. The Hall–Kier alpha value is -0.590. The van der Waals surface area contributed by atoms with Crippen molar-refractivity contribution >= 4 is 5.78 Å². The van der Waals surface area contributed by atoms with Crippen LogP contribution in [0.4, 0.5) is 0 Å². The first-order valence-electron chi connectivity index (χ1n) is 3.46. The van der Waals surface area contributed by atoms with Gasteiger partial charge in [0.2, 0.25) is 0 Å². The fourth-order valence-electron chi connectivity index (χ4n) is 1.12. The Kier molecular flexibility index (Phi) is 2.04. The number of rotatable bonds is 0. The summed E-state index contributed by atoms with van der Waals surface area (Å²) in [6.07, 6.45) is 5.80. The Bertz CT molecular complexity index is 145. The summed E-state index contributed by atoms with van der Waals surface area (Å²) in [5.41, 5.74) is 1.25. The van der Waals surface area contributed by atoms with Crippen molar-refractivity contribution in [3.8, 4) is 0 Å². The van der Waals surface area contributed by atoms with Gasteiger partial charge in [0, 0.05) is 12.8 Å². The van der Waals surface area contributed by atoms with E-state index < -0.39 is 0 Å². The maximum atomic E-state index is 10.9. The number of hydrogen-bond acceptors (Lipinski definition) is 1. The van der Waals surface area contributed by atoms with Crippen LogP contribution in [0.25, 0.3) is 0 Å². The zero-order valence-electron chi connectivity index (χ0n) is 5.81. The normalized spacial score (nSPS) is 21.0. The second-order valence-corrected chi connectivity index (χ2v) is 2.66. The standard InChI is InChI=1S/C8H12O/c1-7-4-2-3-5-8(9)6-7/h4H,2-3,5-6H2,1H3. The Morgan fingerprint density at radius 3 is 3.11 bits per heavy atom. The molecule has 0 atom stereocenters. The van der Waals surface area contributed by atoms with E-state index in [0.717, 1.165) is 19.3 Å². The van der Waals surface area contributed by atoms with Crippen molar-refractivity contribution in [2.24, 2.45) is 0 Å². The van der Waals surface area contributed by atoms with Gasteiger partial charge in [-0.2, -0.15) is 0 Å². The lowest BCUT2D eigenvalue weighted by atomic mass is 10.1. The molecule has 0 unspecified atom stereocenters. The summed E-state index contributed by atoms with van der Waals surface area (Å²) in [5.74, 6) is 0.404. The van der Waals surface area contributed by atoms with E-state index in [0.29, 0.717) is 12.2 Å². The molecular formula is C8H12O. The van der Waals surface area contributed by atoms with E-state index in [1.807, 2.05) is 6.92 Å². The Balaban J connectivity index is 2.54. The molecule has 0 amide bonds. The molecule has 0 aromatic rings. The quantitative estimate of drug-likeness (QED) is 0.452. The Morgan fingerprint density at radius 1 is 1.56 bits per heavy atom. The number of Topliss-reactive ketones (excluding diaryl/α,β-unsaturated/α-hetero) is 1. The first kappa shape index (κ1) is 6.53. The van der Waals surface area contributed by atoms with Gasteiger partial charge in [-0.1, -0.05) is 11.6 Å². The zero-order chi connectivity index (χ0) is 6.69. The van der Waals surface area contributed by atoms with Crippen molar-refractivity contribution in [1.29, 1.82) is 0 Å². The lowest BCUT2D eigenvalue weighted by molar-refractivity contribution is -0.118. The summed E-state index contributed by atoms with van der Waals surface area (Å²) >= 11 is 0. The van der Waals surface area contributed by atoms with Gasteiger partial charge in [-0.05, 0) is 19.8 Å². The monoisotopic (exact) mass is 124 g/mol. The van der Waals surface area contributed by atoms with Gasteiger partial charge in [0.1, 0.15) is 5.78 Å². The summed E-state index contributed by atoms with van der Waals surface area (Å²) in [5, 5.41) is 0. The molecule has 50 valence electrons. The summed E-state index contributed by atoms with van der Waals surface area (Å²) in [6, 6.07) is 0. The minimum absolute atomic E-state index is 0.404. The third-order valence-corrected chi connectivity index (χ3v) is 1.63. The van der Waals surface area contributed by atoms with Crippen LogP contribution >= 0.6 is 0 Å². The molecule has 0 aromatic carbocycles. The van der Waals surface area contributed by atoms with Crippen LogP contribution in [0, 0.1) is 0 Å². The average Bonchev–Trinajstić information content (AvgIpc) is 1.93. The zero-order valence-corrected chi connectivity index (χ0v) is 5.81. The molecule has 0 heterocycles. The third-order valence-electron chi connectivity index (χ3n) is 1.63. The number of hydrogen-bond donors (Lipinski definition) is 0. The van der Waals surface area contributed by atoms with Gasteiger partial charge in [-0.25, -0.2) is 0 Å². The summed E-state index contributed by atoms with van der Waals surface area (Å²) in [7, 11) is 0. The number of ketones is 1. The van der Waals surface area contributed by atoms with Crippen LogP contribution in [0.15, 0.2) is 11.6 Å². The van der Waals surface area contributed by atoms with Crippen molar-refractivity contribution in [2.75, 3.05) is 0 Å². The van der Waals surface area contributed by atoms with Crippen molar-refractivity contribution in [3.05, 3.63) is 11.6 Å². The second kappa shape index (κ2) is 2.81. The predicted molar refractivity (Wildman–Crippen MR) is 37.2 cm³/mol.